The maximum atomic E-state index is 12.0. The molecule has 0 aromatic rings. The standard InChI is InChI=1S/C13H25N3O2/c1-16-5-6-18-12(9-16)8-15-13(17)10-3-2-4-11(14)7-10/h10-12H,2-9,14H2,1H3,(H,15,17). The largest absolute Gasteiger partial charge is 0.374 e. The number of morpholine rings is 1. The molecule has 3 N–H and O–H groups in total. The number of carbonyl (C=O) groups excluding carboxylic acids is 1. The molecule has 1 aliphatic heterocycles. The molecule has 0 radical (unpaired) electrons. The van der Waals surface area contributed by atoms with Crippen molar-refractivity contribution in [1.29, 1.82) is 0 Å². The van der Waals surface area contributed by atoms with E-state index in [4.69, 9.17) is 10.5 Å². The average Bonchev–Trinajstić information content (AvgIpc) is 2.36. The van der Waals surface area contributed by atoms with E-state index in [0.717, 1.165) is 45.4 Å². The first-order chi connectivity index (χ1) is 8.65. The number of hydrogen-bond donors (Lipinski definition) is 2. The summed E-state index contributed by atoms with van der Waals surface area (Å²) in [5, 5.41) is 3.02. The third-order valence-corrected chi connectivity index (χ3v) is 3.93. The lowest BCUT2D eigenvalue weighted by Gasteiger charge is -2.31. The van der Waals surface area contributed by atoms with Crippen LogP contribution in [0.15, 0.2) is 0 Å². The molecule has 1 aliphatic carbocycles. The van der Waals surface area contributed by atoms with Gasteiger partial charge in [-0.25, -0.2) is 0 Å². The Kier molecular flexibility index (Phi) is 4.97. The Morgan fingerprint density at radius 3 is 3.06 bits per heavy atom. The number of hydrogen-bond acceptors (Lipinski definition) is 4. The zero-order chi connectivity index (χ0) is 13.0. The molecule has 2 aliphatic rings. The van der Waals surface area contributed by atoms with Crippen LogP contribution in [0, 0.1) is 5.92 Å². The molecular formula is C13H25N3O2. The number of carbonyl (C=O) groups is 1. The van der Waals surface area contributed by atoms with Crippen LogP contribution in [0.5, 0.6) is 0 Å². The van der Waals surface area contributed by atoms with Gasteiger partial charge in [-0.05, 0) is 26.3 Å². The van der Waals surface area contributed by atoms with Crippen molar-refractivity contribution in [3.05, 3.63) is 0 Å². The number of likely N-dealkylation sites (N-methyl/N-ethyl adjacent to an activating group) is 1. The molecule has 1 amide bonds. The van der Waals surface area contributed by atoms with E-state index in [1.165, 1.54) is 0 Å². The Morgan fingerprint density at radius 1 is 1.50 bits per heavy atom. The lowest BCUT2D eigenvalue weighted by molar-refractivity contribution is -0.127. The van der Waals surface area contributed by atoms with Crippen molar-refractivity contribution in [2.75, 3.05) is 33.3 Å². The normalized spacial score (nSPS) is 34.2. The minimum Gasteiger partial charge on any atom is -0.374 e. The number of rotatable bonds is 3. The summed E-state index contributed by atoms with van der Waals surface area (Å²) in [5.41, 5.74) is 5.91. The van der Waals surface area contributed by atoms with E-state index in [0.29, 0.717) is 6.54 Å². The molecule has 2 rings (SSSR count). The van der Waals surface area contributed by atoms with Gasteiger partial charge in [-0.1, -0.05) is 6.42 Å². The van der Waals surface area contributed by atoms with Gasteiger partial charge in [0.1, 0.15) is 0 Å². The summed E-state index contributed by atoms with van der Waals surface area (Å²) in [6.07, 6.45) is 4.06. The van der Waals surface area contributed by atoms with Crippen LogP contribution in [0.2, 0.25) is 0 Å². The monoisotopic (exact) mass is 255 g/mol. The van der Waals surface area contributed by atoms with Gasteiger partial charge < -0.3 is 20.7 Å². The fourth-order valence-corrected chi connectivity index (χ4v) is 2.81. The molecule has 0 aromatic heterocycles. The van der Waals surface area contributed by atoms with E-state index in [9.17, 15) is 4.79 Å². The van der Waals surface area contributed by atoms with Crippen LogP contribution in [0.4, 0.5) is 0 Å². The second kappa shape index (κ2) is 6.50. The van der Waals surface area contributed by atoms with Crippen LogP contribution >= 0.6 is 0 Å². The van der Waals surface area contributed by atoms with Crippen LogP contribution < -0.4 is 11.1 Å². The third-order valence-electron chi connectivity index (χ3n) is 3.93. The average molecular weight is 255 g/mol. The van der Waals surface area contributed by atoms with Gasteiger partial charge in [-0.15, -0.1) is 0 Å². The zero-order valence-electron chi connectivity index (χ0n) is 11.2. The predicted octanol–water partition coefficient (Wildman–Crippen LogP) is -0.0493. The zero-order valence-corrected chi connectivity index (χ0v) is 11.2. The number of ether oxygens (including phenoxy) is 1. The highest BCUT2D eigenvalue weighted by molar-refractivity contribution is 5.78. The Labute approximate surface area is 109 Å². The minimum absolute atomic E-state index is 0.107. The van der Waals surface area contributed by atoms with Gasteiger partial charge in [-0.2, -0.15) is 0 Å². The molecule has 104 valence electrons. The van der Waals surface area contributed by atoms with E-state index in [1.54, 1.807) is 0 Å². The summed E-state index contributed by atoms with van der Waals surface area (Å²) >= 11 is 0. The Bertz CT molecular complexity index is 285. The molecule has 0 bridgehead atoms. The molecular weight excluding hydrogens is 230 g/mol. The van der Waals surface area contributed by atoms with Crippen molar-refractivity contribution in [2.45, 2.75) is 37.8 Å². The van der Waals surface area contributed by atoms with Crippen LogP contribution in [-0.2, 0) is 9.53 Å². The molecule has 1 heterocycles. The molecule has 3 unspecified atom stereocenters. The maximum Gasteiger partial charge on any atom is 0.223 e. The van der Waals surface area contributed by atoms with Crippen molar-refractivity contribution in [3.8, 4) is 0 Å². The number of nitrogens with zero attached hydrogens (tertiary/aromatic N) is 1. The predicted molar refractivity (Wildman–Crippen MR) is 70.2 cm³/mol. The van der Waals surface area contributed by atoms with E-state index < -0.39 is 0 Å². The summed E-state index contributed by atoms with van der Waals surface area (Å²) in [5.74, 6) is 0.261. The van der Waals surface area contributed by atoms with Gasteiger partial charge in [0, 0.05) is 31.6 Å². The summed E-state index contributed by atoms with van der Waals surface area (Å²) in [6, 6.07) is 0.201. The maximum absolute atomic E-state index is 12.0. The van der Waals surface area contributed by atoms with Crippen molar-refractivity contribution in [2.24, 2.45) is 11.7 Å². The van der Waals surface area contributed by atoms with Gasteiger partial charge in [0.05, 0.1) is 12.7 Å². The van der Waals surface area contributed by atoms with E-state index in [1.807, 2.05) is 0 Å². The first-order valence-corrected chi connectivity index (χ1v) is 6.98. The van der Waals surface area contributed by atoms with E-state index in [2.05, 4.69) is 17.3 Å². The lowest BCUT2D eigenvalue weighted by Crippen LogP contribution is -2.47. The van der Waals surface area contributed by atoms with Gasteiger partial charge in [-0.3, -0.25) is 4.79 Å². The first-order valence-electron chi connectivity index (χ1n) is 6.98. The SMILES string of the molecule is CN1CCOC(CNC(=O)C2CCCC(N)C2)C1. The van der Waals surface area contributed by atoms with Crippen LogP contribution in [-0.4, -0.2) is 56.2 Å². The van der Waals surface area contributed by atoms with Crippen molar-refractivity contribution < 1.29 is 9.53 Å². The summed E-state index contributed by atoms with van der Waals surface area (Å²) in [6.45, 7) is 3.24. The van der Waals surface area contributed by atoms with E-state index >= 15 is 0 Å². The summed E-state index contributed by atoms with van der Waals surface area (Å²) in [4.78, 5) is 14.3. The highest BCUT2D eigenvalue weighted by Gasteiger charge is 2.26. The van der Waals surface area contributed by atoms with Crippen molar-refractivity contribution >= 4 is 5.91 Å². The molecule has 1 saturated carbocycles. The van der Waals surface area contributed by atoms with Crippen molar-refractivity contribution in [1.82, 2.24) is 10.2 Å². The topological polar surface area (TPSA) is 67.6 Å². The van der Waals surface area contributed by atoms with Gasteiger partial charge in [0.2, 0.25) is 5.91 Å². The molecule has 3 atom stereocenters. The molecule has 5 nitrogen and oxygen atoms in total. The summed E-state index contributed by atoms with van der Waals surface area (Å²) < 4.78 is 5.63. The smallest absolute Gasteiger partial charge is 0.223 e. The molecule has 18 heavy (non-hydrogen) atoms. The number of nitrogens with two attached hydrogens (primary N) is 1. The molecule has 2 fully saturated rings. The first kappa shape index (κ1) is 13.8. The Morgan fingerprint density at radius 2 is 2.33 bits per heavy atom. The molecule has 0 aromatic carbocycles. The second-order valence-corrected chi connectivity index (χ2v) is 5.62. The van der Waals surface area contributed by atoms with Crippen LogP contribution in [0.25, 0.3) is 0 Å². The highest BCUT2D eigenvalue weighted by atomic mass is 16.5. The van der Waals surface area contributed by atoms with Crippen molar-refractivity contribution in [3.63, 3.8) is 0 Å². The lowest BCUT2D eigenvalue weighted by atomic mass is 9.85. The number of nitrogens with one attached hydrogen (secondary N) is 1. The third kappa shape index (κ3) is 3.93. The molecule has 0 spiro atoms. The Balaban J connectivity index is 1.70. The molecule has 1 saturated heterocycles. The summed E-state index contributed by atoms with van der Waals surface area (Å²) in [7, 11) is 2.08. The second-order valence-electron chi connectivity index (χ2n) is 5.62. The minimum atomic E-state index is 0.107. The highest BCUT2D eigenvalue weighted by Crippen LogP contribution is 2.23. The van der Waals surface area contributed by atoms with Gasteiger partial charge in [0.15, 0.2) is 0 Å². The fourth-order valence-electron chi connectivity index (χ4n) is 2.81. The molecule has 5 heteroatoms. The Hall–Kier alpha value is -0.650. The van der Waals surface area contributed by atoms with Gasteiger partial charge >= 0.3 is 0 Å². The van der Waals surface area contributed by atoms with Gasteiger partial charge in [0.25, 0.3) is 0 Å². The van der Waals surface area contributed by atoms with Crippen LogP contribution in [0.3, 0.4) is 0 Å². The fraction of sp³-hybridized carbons (Fsp3) is 0.923. The number of amides is 1. The van der Waals surface area contributed by atoms with Crippen LogP contribution in [0.1, 0.15) is 25.7 Å². The quantitative estimate of drug-likeness (QED) is 0.742. The van der Waals surface area contributed by atoms with E-state index in [-0.39, 0.29) is 24.0 Å².